The molecule has 2 rings (SSSR count). The number of benzene rings is 1. The van der Waals surface area contributed by atoms with E-state index in [0.29, 0.717) is 5.56 Å². The molecule has 0 spiro atoms. The summed E-state index contributed by atoms with van der Waals surface area (Å²) in [6.07, 6.45) is 3.51. The topological polar surface area (TPSA) is 55.9 Å². The minimum Gasteiger partial charge on any atom is -0.275 e. The summed E-state index contributed by atoms with van der Waals surface area (Å²) < 4.78 is 15.8. The Bertz CT molecular complexity index is 539. The summed E-state index contributed by atoms with van der Waals surface area (Å²) in [6.45, 7) is 3.75. The van der Waals surface area contributed by atoms with Crippen molar-refractivity contribution >= 4 is 0 Å². The fraction of sp³-hybridized carbons (Fsp3) is 0.308. The molecule has 96 valence electrons. The van der Waals surface area contributed by atoms with Gasteiger partial charge >= 0.3 is 0 Å². The first-order valence-corrected chi connectivity index (χ1v) is 5.74. The highest BCUT2D eigenvalue weighted by Crippen LogP contribution is 2.27. The molecular weight excluding hydrogens is 231 g/mol. The molecule has 0 fully saturated rings. The van der Waals surface area contributed by atoms with Crippen molar-refractivity contribution < 1.29 is 4.39 Å². The van der Waals surface area contributed by atoms with Crippen LogP contribution in [0.4, 0.5) is 4.39 Å². The van der Waals surface area contributed by atoms with Crippen molar-refractivity contribution in [2.45, 2.75) is 19.9 Å². The van der Waals surface area contributed by atoms with Crippen LogP contribution in [-0.4, -0.2) is 9.78 Å². The number of nitrogens with zero attached hydrogens (tertiary/aromatic N) is 2. The third kappa shape index (κ3) is 2.27. The van der Waals surface area contributed by atoms with Gasteiger partial charge in [0.15, 0.2) is 0 Å². The van der Waals surface area contributed by atoms with Gasteiger partial charge in [0.25, 0.3) is 0 Å². The molecule has 1 atom stereocenters. The van der Waals surface area contributed by atoms with Crippen LogP contribution < -0.4 is 11.3 Å². The monoisotopic (exact) mass is 248 g/mol. The van der Waals surface area contributed by atoms with Crippen LogP contribution in [0, 0.1) is 19.7 Å². The van der Waals surface area contributed by atoms with E-state index in [-0.39, 0.29) is 11.9 Å². The summed E-state index contributed by atoms with van der Waals surface area (Å²) in [4.78, 5) is 0. The van der Waals surface area contributed by atoms with Crippen molar-refractivity contribution in [2.24, 2.45) is 12.9 Å². The summed E-state index contributed by atoms with van der Waals surface area (Å²) in [5.74, 6) is 5.32. The number of hydrogen-bond acceptors (Lipinski definition) is 3. The predicted octanol–water partition coefficient (Wildman–Crippen LogP) is 1.73. The van der Waals surface area contributed by atoms with Crippen molar-refractivity contribution in [1.29, 1.82) is 0 Å². The largest absolute Gasteiger partial charge is 0.275 e. The van der Waals surface area contributed by atoms with Gasteiger partial charge < -0.3 is 0 Å². The first kappa shape index (κ1) is 12.7. The minimum atomic E-state index is -0.390. The van der Waals surface area contributed by atoms with Crippen LogP contribution in [0.25, 0.3) is 0 Å². The number of aromatic nitrogens is 2. The van der Waals surface area contributed by atoms with Gasteiger partial charge in [-0.3, -0.25) is 10.5 Å². The van der Waals surface area contributed by atoms with Crippen molar-refractivity contribution in [3.8, 4) is 0 Å². The van der Waals surface area contributed by atoms with Gasteiger partial charge in [0, 0.05) is 24.4 Å². The Kier molecular flexibility index (Phi) is 3.45. The van der Waals surface area contributed by atoms with Crippen LogP contribution in [0.1, 0.15) is 28.3 Å². The smallest absolute Gasteiger partial charge is 0.128 e. The lowest BCUT2D eigenvalue weighted by Crippen LogP contribution is -2.30. The second-order valence-electron chi connectivity index (χ2n) is 4.52. The molecule has 5 heteroatoms. The normalized spacial score (nSPS) is 12.7. The van der Waals surface area contributed by atoms with Crippen molar-refractivity contribution in [3.05, 3.63) is 52.6 Å². The minimum absolute atomic E-state index is 0.251. The Morgan fingerprint density at radius 2 is 2.11 bits per heavy atom. The lowest BCUT2D eigenvalue weighted by atomic mass is 9.95. The van der Waals surface area contributed by atoms with Gasteiger partial charge in [0.2, 0.25) is 0 Å². The molecule has 1 aromatic carbocycles. The van der Waals surface area contributed by atoms with E-state index in [1.54, 1.807) is 10.9 Å². The third-order valence-corrected chi connectivity index (χ3v) is 2.99. The second kappa shape index (κ2) is 4.88. The predicted molar refractivity (Wildman–Crippen MR) is 68.2 cm³/mol. The first-order valence-electron chi connectivity index (χ1n) is 5.74. The quantitative estimate of drug-likeness (QED) is 0.642. The Labute approximate surface area is 106 Å². The molecule has 0 bridgehead atoms. The van der Waals surface area contributed by atoms with Gasteiger partial charge in [-0.2, -0.15) is 5.10 Å². The molecule has 0 saturated carbocycles. The molecule has 0 aliphatic rings. The lowest BCUT2D eigenvalue weighted by Gasteiger charge is -2.18. The molecule has 0 aliphatic carbocycles. The zero-order valence-corrected chi connectivity index (χ0v) is 10.7. The van der Waals surface area contributed by atoms with E-state index in [9.17, 15) is 4.39 Å². The molecule has 4 nitrogen and oxygen atoms in total. The Hall–Kier alpha value is -1.72. The average molecular weight is 248 g/mol. The lowest BCUT2D eigenvalue weighted by molar-refractivity contribution is 0.556. The van der Waals surface area contributed by atoms with Crippen molar-refractivity contribution in [2.75, 3.05) is 0 Å². The third-order valence-electron chi connectivity index (χ3n) is 2.99. The zero-order valence-electron chi connectivity index (χ0n) is 10.7. The highest BCUT2D eigenvalue weighted by atomic mass is 19.1. The number of aryl methyl sites for hydroxylation is 3. The molecule has 3 N–H and O–H groups in total. The molecule has 1 unspecified atom stereocenters. The van der Waals surface area contributed by atoms with Crippen molar-refractivity contribution in [3.63, 3.8) is 0 Å². The second-order valence-corrected chi connectivity index (χ2v) is 4.52. The van der Waals surface area contributed by atoms with Gasteiger partial charge in [0.1, 0.15) is 5.82 Å². The maximum absolute atomic E-state index is 14.1. The summed E-state index contributed by atoms with van der Waals surface area (Å²) >= 11 is 0. The Morgan fingerprint density at radius 3 is 2.61 bits per heavy atom. The fourth-order valence-corrected chi connectivity index (χ4v) is 2.23. The van der Waals surface area contributed by atoms with Crippen LogP contribution in [0.2, 0.25) is 0 Å². The maximum atomic E-state index is 14.1. The van der Waals surface area contributed by atoms with Crippen LogP contribution in [0.15, 0.2) is 24.5 Å². The molecule has 0 aliphatic heterocycles. The van der Waals surface area contributed by atoms with Crippen LogP contribution >= 0.6 is 0 Å². The highest BCUT2D eigenvalue weighted by Gasteiger charge is 2.20. The van der Waals surface area contributed by atoms with E-state index < -0.39 is 0 Å². The van der Waals surface area contributed by atoms with Crippen molar-refractivity contribution in [1.82, 2.24) is 15.2 Å². The standard InChI is InChI=1S/C13H17FN4/c1-8-4-9(2)12(11(14)5-8)13(17-15)10-6-16-18(3)7-10/h4-7,13,17H,15H2,1-3H3. The average Bonchev–Trinajstić information content (AvgIpc) is 2.69. The number of halogens is 1. The molecule has 2 aromatic rings. The van der Waals surface area contributed by atoms with Crippen LogP contribution in [0.5, 0.6) is 0 Å². The number of nitrogens with two attached hydrogens (primary N) is 1. The summed E-state index contributed by atoms with van der Waals surface area (Å²) in [7, 11) is 1.81. The summed E-state index contributed by atoms with van der Waals surface area (Å²) in [6, 6.07) is 3.07. The van der Waals surface area contributed by atoms with E-state index in [4.69, 9.17) is 5.84 Å². The molecule has 0 radical (unpaired) electrons. The maximum Gasteiger partial charge on any atom is 0.128 e. The van der Waals surface area contributed by atoms with E-state index in [1.165, 1.54) is 6.07 Å². The molecule has 18 heavy (non-hydrogen) atoms. The molecular formula is C13H17FN4. The number of hydrazine groups is 1. The molecule has 0 saturated heterocycles. The zero-order chi connectivity index (χ0) is 13.3. The Morgan fingerprint density at radius 1 is 1.39 bits per heavy atom. The van der Waals surface area contributed by atoms with Crippen LogP contribution in [-0.2, 0) is 7.05 Å². The van der Waals surface area contributed by atoms with Gasteiger partial charge in [-0.05, 0) is 31.0 Å². The van der Waals surface area contributed by atoms with Crippen LogP contribution in [0.3, 0.4) is 0 Å². The highest BCUT2D eigenvalue weighted by molar-refractivity contribution is 5.38. The van der Waals surface area contributed by atoms with Gasteiger partial charge in [-0.1, -0.05) is 6.07 Å². The van der Waals surface area contributed by atoms with Gasteiger partial charge in [0.05, 0.1) is 12.2 Å². The number of hydrogen-bond donors (Lipinski definition) is 2. The molecule has 1 aromatic heterocycles. The summed E-state index contributed by atoms with van der Waals surface area (Å²) in [5.41, 5.74) is 5.83. The van der Waals surface area contributed by atoms with E-state index >= 15 is 0 Å². The number of rotatable bonds is 3. The fourth-order valence-electron chi connectivity index (χ4n) is 2.23. The van der Waals surface area contributed by atoms with Gasteiger partial charge in [-0.25, -0.2) is 9.82 Å². The molecule has 0 amide bonds. The van der Waals surface area contributed by atoms with E-state index in [2.05, 4.69) is 10.5 Å². The van der Waals surface area contributed by atoms with E-state index in [0.717, 1.165) is 16.7 Å². The van der Waals surface area contributed by atoms with Gasteiger partial charge in [-0.15, -0.1) is 0 Å². The molecule has 1 heterocycles. The van der Waals surface area contributed by atoms with E-state index in [1.807, 2.05) is 33.2 Å². The Balaban J connectivity index is 2.51. The SMILES string of the molecule is Cc1cc(C)c(C(NN)c2cnn(C)c2)c(F)c1. The number of nitrogens with one attached hydrogen (secondary N) is 1. The first-order chi connectivity index (χ1) is 8.52. The summed E-state index contributed by atoms with van der Waals surface area (Å²) in [5, 5.41) is 4.09.